The summed E-state index contributed by atoms with van der Waals surface area (Å²) in [5.41, 5.74) is 7.46. The summed E-state index contributed by atoms with van der Waals surface area (Å²) in [7, 11) is 1.96. The van der Waals surface area contributed by atoms with Gasteiger partial charge in [0.05, 0.1) is 6.54 Å². The normalized spacial score (nSPS) is 10.3. The summed E-state index contributed by atoms with van der Waals surface area (Å²) in [6.45, 7) is 0.621. The van der Waals surface area contributed by atoms with Crippen molar-refractivity contribution in [3.05, 3.63) is 46.5 Å². The number of benzene rings is 1. The Balaban J connectivity index is 2.22. The third-order valence-corrected chi connectivity index (χ3v) is 3.48. The second kappa shape index (κ2) is 5.49. The number of rotatable bonds is 4. The lowest BCUT2D eigenvalue weighted by molar-refractivity contribution is 0.813. The molecule has 0 bridgehead atoms. The third kappa shape index (κ3) is 2.70. The molecule has 18 heavy (non-hydrogen) atoms. The molecule has 0 fully saturated rings. The Hall–Kier alpha value is -1.40. The topological polar surface area (TPSA) is 55.9 Å². The molecule has 6 heteroatoms. The fraction of sp³-hybridized carbons (Fsp3) is 0.167. The van der Waals surface area contributed by atoms with Crippen LogP contribution in [0.3, 0.4) is 0 Å². The van der Waals surface area contributed by atoms with E-state index in [-0.39, 0.29) is 0 Å². The average Bonchev–Trinajstić information content (AvgIpc) is 2.71. The summed E-state index contributed by atoms with van der Waals surface area (Å²) < 4.78 is 2.85. The van der Waals surface area contributed by atoms with Gasteiger partial charge in [0.1, 0.15) is 10.8 Å². The molecule has 1 heterocycles. The van der Waals surface area contributed by atoms with E-state index in [2.05, 4.69) is 26.2 Å². The highest BCUT2D eigenvalue weighted by atomic mass is 79.9. The Kier molecular flexibility index (Phi) is 3.98. The molecule has 0 aliphatic carbocycles. The minimum absolute atomic E-state index is 0.366. The first-order valence-corrected chi connectivity index (χ1v) is 6.58. The highest BCUT2D eigenvalue weighted by Crippen LogP contribution is 2.25. The van der Waals surface area contributed by atoms with E-state index in [0.717, 1.165) is 21.5 Å². The summed E-state index contributed by atoms with van der Waals surface area (Å²) in [5, 5.41) is 3.30. The van der Waals surface area contributed by atoms with Crippen LogP contribution < -0.4 is 11.1 Å². The monoisotopic (exact) mass is 324 g/mol. The van der Waals surface area contributed by atoms with Crippen LogP contribution in [0.5, 0.6) is 0 Å². The highest BCUT2D eigenvalue weighted by Gasteiger charge is 2.09. The van der Waals surface area contributed by atoms with Gasteiger partial charge in [-0.3, -0.25) is 0 Å². The molecule has 0 amide bonds. The average molecular weight is 325 g/mol. The summed E-state index contributed by atoms with van der Waals surface area (Å²) >= 11 is 8.52. The first kappa shape index (κ1) is 13.0. The Morgan fingerprint density at radius 1 is 1.56 bits per heavy atom. The van der Waals surface area contributed by atoms with E-state index in [1.165, 1.54) is 0 Å². The summed E-state index contributed by atoms with van der Waals surface area (Å²) in [4.78, 5) is 4.62. The van der Waals surface area contributed by atoms with Gasteiger partial charge in [0.25, 0.3) is 0 Å². The molecule has 0 saturated heterocycles. The van der Waals surface area contributed by atoms with Crippen LogP contribution in [-0.2, 0) is 13.6 Å². The smallest absolute Gasteiger partial charge is 0.127 e. The van der Waals surface area contributed by atoms with Crippen LogP contribution in [0.15, 0.2) is 35.1 Å². The van der Waals surface area contributed by atoms with Crippen molar-refractivity contribution in [2.75, 3.05) is 5.32 Å². The largest absolute Gasteiger partial charge is 0.389 e. The standard InChI is InChI=1S/C12H13BrN4S/c1-17-6-5-15-10(17)7-16-9-4-2-3-8(13)11(9)12(14)18/h2-6,16H,7H2,1H3,(H2,14,18). The zero-order valence-corrected chi connectivity index (χ0v) is 12.3. The fourth-order valence-corrected chi connectivity index (χ4v) is 2.59. The van der Waals surface area contributed by atoms with Gasteiger partial charge < -0.3 is 15.6 Å². The molecular formula is C12H13BrN4S. The number of nitrogens with one attached hydrogen (secondary N) is 1. The van der Waals surface area contributed by atoms with Crippen molar-refractivity contribution in [1.82, 2.24) is 9.55 Å². The molecule has 1 aromatic carbocycles. The Morgan fingerprint density at radius 2 is 2.33 bits per heavy atom. The van der Waals surface area contributed by atoms with E-state index in [1.807, 2.05) is 36.0 Å². The molecular weight excluding hydrogens is 312 g/mol. The second-order valence-electron chi connectivity index (χ2n) is 3.83. The lowest BCUT2D eigenvalue weighted by Crippen LogP contribution is -2.15. The van der Waals surface area contributed by atoms with Crippen LogP contribution >= 0.6 is 28.1 Å². The summed E-state index contributed by atoms with van der Waals surface area (Å²) in [6.07, 6.45) is 3.68. The van der Waals surface area contributed by atoms with Gasteiger partial charge in [-0.2, -0.15) is 0 Å². The second-order valence-corrected chi connectivity index (χ2v) is 5.13. The van der Waals surface area contributed by atoms with E-state index in [4.69, 9.17) is 18.0 Å². The number of aryl methyl sites for hydroxylation is 1. The van der Waals surface area contributed by atoms with Crippen LogP contribution in [0.1, 0.15) is 11.4 Å². The third-order valence-electron chi connectivity index (χ3n) is 2.62. The first-order chi connectivity index (χ1) is 8.59. The van der Waals surface area contributed by atoms with Gasteiger partial charge in [0.2, 0.25) is 0 Å². The van der Waals surface area contributed by atoms with E-state index in [0.29, 0.717) is 11.5 Å². The van der Waals surface area contributed by atoms with Crippen molar-refractivity contribution >= 4 is 38.8 Å². The molecule has 94 valence electrons. The predicted octanol–water partition coefficient (Wildman–Crippen LogP) is 2.43. The van der Waals surface area contributed by atoms with Crippen LogP contribution in [0.2, 0.25) is 0 Å². The fourth-order valence-electron chi connectivity index (χ4n) is 1.66. The number of thiocarbonyl (C=S) groups is 1. The van der Waals surface area contributed by atoms with Gasteiger partial charge in [0.15, 0.2) is 0 Å². The molecule has 0 aliphatic heterocycles. The van der Waals surface area contributed by atoms with Crippen molar-refractivity contribution in [2.45, 2.75) is 6.54 Å². The number of nitrogens with zero attached hydrogens (tertiary/aromatic N) is 2. The van der Waals surface area contributed by atoms with E-state index >= 15 is 0 Å². The zero-order valence-electron chi connectivity index (χ0n) is 9.85. The van der Waals surface area contributed by atoms with Gasteiger partial charge in [-0.1, -0.05) is 18.3 Å². The molecule has 2 rings (SSSR count). The highest BCUT2D eigenvalue weighted by molar-refractivity contribution is 9.10. The quantitative estimate of drug-likeness (QED) is 0.848. The molecule has 0 unspecified atom stereocenters. The van der Waals surface area contributed by atoms with Crippen molar-refractivity contribution in [3.63, 3.8) is 0 Å². The van der Waals surface area contributed by atoms with Gasteiger partial charge >= 0.3 is 0 Å². The summed E-state index contributed by atoms with van der Waals surface area (Å²) in [6, 6.07) is 5.80. The van der Waals surface area contributed by atoms with Crippen LogP contribution in [0, 0.1) is 0 Å². The Labute approximate surface area is 119 Å². The maximum atomic E-state index is 5.73. The van der Waals surface area contributed by atoms with E-state index < -0.39 is 0 Å². The van der Waals surface area contributed by atoms with Gasteiger partial charge in [-0.15, -0.1) is 0 Å². The number of hydrogen-bond acceptors (Lipinski definition) is 3. The van der Waals surface area contributed by atoms with Crippen molar-refractivity contribution < 1.29 is 0 Å². The van der Waals surface area contributed by atoms with Crippen LogP contribution in [0.4, 0.5) is 5.69 Å². The molecule has 1 aromatic heterocycles. The lowest BCUT2D eigenvalue weighted by atomic mass is 10.2. The minimum atomic E-state index is 0.366. The molecule has 0 aliphatic rings. The van der Waals surface area contributed by atoms with Crippen LogP contribution in [0.25, 0.3) is 0 Å². The molecule has 2 aromatic rings. The van der Waals surface area contributed by atoms with E-state index in [1.54, 1.807) is 6.20 Å². The zero-order chi connectivity index (χ0) is 13.1. The molecule has 3 N–H and O–H groups in total. The minimum Gasteiger partial charge on any atom is -0.389 e. The van der Waals surface area contributed by atoms with Crippen molar-refractivity contribution in [1.29, 1.82) is 0 Å². The summed E-state index contributed by atoms with van der Waals surface area (Å²) in [5.74, 6) is 0.948. The van der Waals surface area contributed by atoms with Gasteiger partial charge in [0, 0.05) is 35.2 Å². The number of halogens is 1. The molecule has 4 nitrogen and oxygen atoms in total. The molecule has 0 atom stereocenters. The number of hydrogen-bond donors (Lipinski definition) is 2. The number of anilines is 1. The maximum absolute atomic E-state index is 5.73. The number of aromatic nitrogens is 2. The number of nitrogens with two attached hydrogens (primary N) is 1. The lowest BCUT2D eigenvalue weighted by Gasteiger charge is -2.12. The van der Waals surface area contributed by atoms with Crippen molar-refractivity contribution in [3.8, 4) is 0 Å². The van der Waals surface area contributed by atoms with Crippen LogP contribution in [-0.4, -0.2) is 14.5 Å². The van der Waals surface area contributed by atoms with Crippen molar-refractivity contribution in [2.24, 2.45) is 12.8 Å². The Morgan fingerprint density at radius 3 is 2.94 bits per heavy atom. The molecule has 0 radical (unpaired) electrons. The molecule has 0 spiro atoms. The van der Waals surface area contributed by atoms with Gasteiger partial charge in [-0.05, 0) is 28.1 Å². The first-order valence-electron chi connectivity index (χ1n) is 5.38. The molecule has 0 saturated carbocycles. The predicted molar refractivity (Wildman–Crippen MR) is 80.6 cm³/mol. The maximum Gasteiger partial charge on any atom is 0.127 e. The van der Waals surface area contributed by atoms with E-state index in [9.17, 15) is 0 Å². The Bertz CT molecular complexity index is 579. The number of imidazole rings is 1. The van der Waals surface area contributed by atoms with Gasteiger partial charge in [-0.25, -0.2) is 4.98 Å². The SMILES string of the molecule is Cn1ccnc1CNc1cccc(Br)c1C(N)=S.